The number of amides is 1. The van der Waals surface area contributed by atoms with E-state index in [1.807, 2.05) is 19.1 Å². The van der Waals surface area contributed by atoms with Gasteiger partial charge in [0.2, 0.25) is 0 Å². The van der Waals surface area contributed by atoms with Crippen LogP contribution in [0.1, 0.15) is 17.3 Å². The highest BCUT2D eigenvalue weighted by Crippen LogP contribution is 2.25. The van der Waals surface area contributed by atoms with E-state index in [0.717, 1.165) is 5.56 Å². The lowest BCUT2D eigenvalue weighted by Crippen LogP contribution is -2.22. The highest BCUT2D eigenvalue weighted by molar-refractivity contribution is 6.33. The molecule has 0 aliphatic rings. The first-order valence-electron chi connectivity index (χ1n) is 5.56. The Balaban J connectivity index is 2.34. The number of aromatic nitrogens is 2. The molecule has 1 N–H and O–H groups in total. The maximum atomic E-state index is 11.6. The van der Waals surface area contributed by atoms with E-state index in [2.05, 4.69) is 15.3 Å². The molecule has 0 saturated heterocycles. The van der Waals surface area contributed by atoms with Gasteiger partial charge in [-0.3, -0.25) is 14.8 Å². The summed E-state index contributed by atoms with van der Waals surface area (Å²) in [6, 6.07) is 5.29. The molecule has 0 aliphatic heterocycles. The number of hydrogen-bond acceptors (Lipinski definition) is 3. The Morgan fingerprint density at radius 1 is 1.44 bits per heavy atom. The van der Waals surface area contributed by atoms with Crippen molar-refractivity contribution in [1.82, 2.24) is 15.3 Å². The van der Waals surface area contributed by atoms with Gasteiger partial charge in [-0.2, -0.15) is 0 Å². The number of pyridine rings is 2. The van der Waals surface area contributed by atoms with Crippen LogP contribution in [0.5, 0.6) is 0 Å². The largest absolute Gasteiger partial charge is 0.352 e. The van der Waals surface area contributed by atoms with Gasteiger partial charge in [-0.05, 0) is 25.1 Å². The van der Waals surface area contributed by atoms with E-state index >= 15 is 0 Å². The predicted molar refractivity (Wildman–Crippen MR) is 70.5 cm³/mol. The molecule has 0 bridgehead atoms. The fourth-order valence-electron chi connectivity index (χ4n) is 1.54. The van der Waals surface area contributed by atoms with Crippen molar-refractivity contribution in [2.24, 2.45) is 0 Å². The zero-order valence-electron chi connectivity index (χ0n) is 9.85. The minimum absolute atomic E-state index is 0.176. The minimum atomic E-state index is -0.176. The second kappa shape index (κ2) is 5.60. The number of rotatable bonds is 3. The molecule has 4 nitrogen and oxygen atoms in total. The van der Waals surface area contributed by atoms with Crippen LogP contribution in [-0.4, -0.2) is 22.4 Å². The van der Waals surface area contributed by atoms with Crippen molar-refractivity contribution in [3.05, 3.63) is 47.4 Å². The molecule has 2 aromatic heterocycles. The maximum Gasteiger partial charge on any atom is 0.252 e. The lowest BCUT2D eigenvalue weighted by atomic mass is 10.1. The third kappa shape index (κ3) is 2.65. The average molecular weight is 262 g/mol. The van der Waals surface area contributed by atoms with E-state index in [1.54, 1.807) is 18.5 Å². The summed E-state index contributed by atoms with van der Waals surface area (Å²) in [4.78, 5) is 19.9. The molecule has 5 heteroatoms. The molecule has 18 heavy (non-hydrogen) atoms. The van der Waals surface area contributed by atoms with Gasteiger partial charge in [0.1, 0.15) is 0 Å². The van der Waals surface area contributed by atoms with Crippen LogP contribution in [-0.2, 0) is 0 Å². The van der Waals surface area contributed by atoms with Crippen LogP contribution in [0.2, 0.25) is 5.02 Å². The van der Waals surface area contributed by atoms with Gasteiger partial charge >= 0.3 is 0 Å². The summed E-state index contributed by atoms with van der Waals surface area (Å²) < 4.78 is 0. The monoisotopic (exact) mass is 261 g/mol. The van der Waals surface area contributed by atoms with Crippen LogP contribution < -0.4 is 5.32 Å². The van der Waals surface area contributed by atoms with Crippen molar-refractivity contribution in [3.8, 4) is 11.3 Å². The topological polar surface area (TPSA) is 54.9 Å². The molecule has 92 valence electrons. The van der Waals surface area contributed by atoms with Gasteiger partial charge in [0.15, 0.2) is 0 Å². The summed E-state index contributed by atoms with van der Waals surface area (Å²) in [5.74, 6) is -0.176. The highest BCUT2D eigenvalue weighted by atomic mass is 35.5. The number of nitrogens with one attached hydrogen (secondary N) is 1. The van der Waals surface area contributed by atoms with E-state index in [9.17, 15) is 4.79 Å². The quantitative estimate of drug-likeness (QED) is 0.924. The molecule has 0 aliphatic carbocycles. The lowest BCUT2D eigenvalue weighted by Gasteiger charge is -2.06. The summed E-state index contributed by atoms with van der Waals surface area (Å²) in [7, 11) is 0. The van der Waals surface area contributed by atoms with Crippen LogP contribution in [0.25, 0.3) is 11.3 Å². The summed E-state index contributed by atoms with van der Waals surface area (Å²) in [5, 5.41) is 3.14. The van der Waals surface area contributed by atoms with Crippen LogP contribution >= 0.6 is 11.6 Å². The first-order valence-corrected chi connectivity index (χ1v) is 5.94. The maximum absolute atomic E-state index is 11.6. The van der Waals surface area contributed by atoms with Crippen LogP contribution in [0.15, 0.2) is 36.8 Å². The van der Waals surface area contributed by atoms with Gasteiger partial charge in [0.25, 0.3) is 5.91 Å². The summed E-state index contributed by atoms with van der Waals surface area (Å²) in [5.41, 5.74) is 1.90. The van der Waals surface area contributed by atoms with E-state index < -0.39 is 0 Å². The second-order valence-corrected chi connectivity index (χ2v) is 4.06. The molecule has 0 fully saturated rings. The predicted octanol–water partition coefficient (Wildman–Crippen LogP) is 2.55. The zero-order valence-corrected chi connectivity index (χ0v) is 10.6. The molecular formula is C13H12ClN3O. The number of halogens is 1. The first kappa shape index (κ1) is 12.5. The van der Waals surface area contributed by atoms with Gasteiger partial charge in [0, 0.05) is 30.7 Å². The van der Waals surface area contributed by atoms with E-state index in [4.69, 9.17) is 11.6 Å². The summed E-state index contributed by atoms with van der Waals surface area (Å²) in [6.07, 6.45) is 4.87. The van der Waals surface area contributed by atoms with Crippen molar-refractivity contribution in [2.45, 2.75) is 6.92 Å². The Morgan fingerprint density at radius 2 is 2.28 bits per heavy atom. The molecule has 0 atom stereocenters. The Morgan fingerprint density at radius 3 is 2.89 bits per heavy atom. The molecule has 1 amide bonds. The second-order valence-electron chi connectivity index (χ2n) is 3.66. The Bertz CT molecular complexity index is 557. The van der Waals surface area contributed by atoms with Crippen LogP contribution in [0, 0.1) is 0 Å². The van der Waals surface area contributed by atoms with Crippen molar-refractivity contribution in [2.75, 3.05) is 6.54 Å². The fraction of sp³-hybridized carbons (Fsp3) is 0.154. The van der Waals surface area contributed by atoms with Crippen molar-refractivity contribution in [3.63, 3.8) is 0 Å². The molecule has 0 radical (unpaired) electrons. The lowest BCUT2D eigenvalue weighted by molar-refractivity contribution is 0.0955. The van der Waals surface area contributed by atoms with Crippen LogP contribution in [0.4, 0.5) is 0 Å². The van der Waals surface area contributed by atoms with Crippen molar-refractivity contribution >= 4 is 17.5 Å². The zero-order chi connectivity index (χ0) is 13.0. The standard InChI is InChI=1S/C13H12ClN3O/c1-2-16-13(18)10-6-11(14)12(17-8-10)9-4-3-5-15-7-9/h3-8H,2H2,1H3,(H,16,18). The average Bonchev–Trinajstić information content (AvgIpc) is 2.40. The Hall–Kier alpha value is -1.94. The number of hydrogen-bond donors (Lipinski definition) is 1. The Labute approximate surface area is 110 Å². The Kier molecular flexibility index (Phi) is 3.89. The van der Waals surface area contributed by atoms with Gasteiger partial charge in [0.05, 0.1) is 16.3 Å². The SMILES string of the molecule is CCNC(=O)c1cnc(-c2cccnc2)c(Cl)c1. The molecular weight excluding hydrogens is 250 g/mol. The third-order valence-corrected chi connectivity index (χ3v) is 2.66. The van der Waals surface area contributed by atoms with E-state index in [-0.39, 0.29) is 5.91 Å². The van der Waals surface area contributed by atoms with Gasteiger partial charge in [-0.1, -0.05) is 11.6 Å². The minimum Gasteiger partial charge on any atom is -0.352 e. The molecule has 2 heterocycles. The van der Waals surface area contributed by atoms with E-state index in [0.29, 0.717) is 22.8 Å². The smallest absolute Gasteiger partial charge is 0.252 e. The van der Waals surface area contributed by atoms with Gasteiger partial charge in [-0.15, -0.1) is 0 Å². The number of carbonyl (C=O) groups excluding carboxylic acids is 1. The molecule has 0 aromatic carbocycles. The first-order chi connectivity index (χ1) is 8.72. The van der Waals surface area contributed by atoms with Crippen molar-refractivity contribution in [1.29, 1.82) is 0 Å². The molecule has 2 rings (SSSR count). The summed E-state index contributed by atoms with van der Waals surface area (Å²) >= 11 is 6.14. The van der Waals surface area contributed by atoms with E-state index in [1.165, 1.54) is 6.20 Å². The number of nitrogens with zero attached hydrogens (tertiary/aromatic N) is 2. The van der Waals surface area contributed by atoms with Gasteiger partial charge in [-0.25, -0.2) is 0 Å². The van der Waals surface area contributed by atoms with Crippen molar-refractivity contribution < 1.29 is 4.79 Å². The highest BCUT2D eigenvalue weighted by Gasteiger charge is 2.10. The molecule has 0 spiro atoms. The normalized spacial score (nSPS) is 10.1. The van der Waals surface area contributed by atoms with Gasteiger partial charge < -0.3 is 5.32 Å². The molecule has 0 saturated carbocycles. The molecule has 2 aromatic rings. The third-order valence-electron chi connectivity index (χ3n) is 2.38. The fourth-order valence-corrected chi connectivity index (χ4v) is 1.82. The molecule has 0 unspecified atom stereocenters. The summed E-state index contributed by atoms with van der Waals surface area (Å²) in [6.45, 7) is 2.43. The number of carbonyl (C=O) groups is 1. The van der Waals surface area contributed by atoms with Crippen LogP contribution in [0.3, 0.4) is 0 Å².